The van der Waals surface area contributed by atoms with E-state index >= 15 is 0 Å². The summed E-state index contributed by atoms with van der Waals surface area (Å²) in [4.78, 5) is 13.7. The molecule has 2 N–H and O–H groups in total. The number of aromatic nitrogens is 2. The second-order valence-corrected chi connectivity index (χ2v) is 13.1. The normalized spacial score (nSPS) is 10.8. The van der Waals surface area contributed by atoms with Crippen molar-refractivity contribution in [3.05, 3.63) is 73.1 Å². The molecule has 0 unspecified atom stereocenters. The maximum Gasteiger partial charge on any atom is 0.261 e. The topological polar surface area (TPSA) is 178 Å². The van der Waals surface area contributed by atoms with Crippen LogP contribution in [0.3, 0.4) is 0 Å². The van der Waals surface area contributed by atoms with E-state index in [-0.39, 0.29) is 0 Å². The van der Waals surface area contributed by atoms with Gasteiger partial charge in [-0.25, -0.2) is 0 Å². The molecule has 0 aliphatic rings. The van der Waals surface area contributed by atoms with Crippen LogP contribution in [0.1, 0.15) is 0 Å². The van der Waals surface area contributed by atoms with Crippen LogP contribution in [0.4, 0.5) is 11.4 Å². The number of ether oxygens (including phenoxy) is 4. The van der Waals surface area contributed by atoms with Crippen molar-refractivity contribution in [3.63, 3.8) is 0 Å². The first-order valence-corrected chi connectivity index (χ1v) is 17.8. The predicted octanol–water partition coefficient (Wildman–Crippen LogP) is 4.43. The molecule has 4 rings (SSSR count). The predicted molar refractivity (Wildman–Crippen MR) is 187 cm³/mol. The van der Waals surface area contributed by atoms with Crippen molar-refractivity contribution in [2.24, 2.45) is 0 Å². The number of pyridine rings is 2. The third-order valence-corrected chi connectivity index (χ3v) is 6.52. The van der Waals surface area contributed by atoms with Crippen LogP contribution in [0, 0.1) is 0 Å². The Morgan fingerprint density at radius 1 is 0.562 bits per heavy atom. The van der Waals surface area contributed by atoms with Crippen LogP contribution < -0.4 is 28.7 Å². The fourth-order valence-electron chi connectivity index (χ4n) is 4.28. The number of benzene rings is 2. The Hall–Kier alpha value is -4.64. The van der Waals surface area contributed by atoms with Crippen molar-refractivity contribution in [3.8, 4) is 45.5 Å². The Bertz CT molecular complexity index is 1630. The highest BCUT2D eigenvalue weighted by Crippen LogP contribution is 2.38. The molecule has 262 valence electrons. The van der Waals surface area contributed by atoms with Crippen LogP contribution in [0.5, 0.6) is 23.0 Å². The zero-order chi connectivity index (χ0) is 36.1. The number of hydrogen-bond donors (Lipinski definition) is 2. The lowest BCUT2D eigenvalue weighted by atomic mass is 10.1. The van der Waals surface area contributed by atoms with Gasteiger partial charge in [-0.2, -0.15) is 16.8 Å². The van der Waals surface area contributed by atoms with Gasteiger partial charge in [0.2, 0.25) is 0 Å². The van der Waals surface area contributed by atoms with Crippen molar-refractivity contribution >= 4 is 31.6 Å². The number of methoxy groups -OCH3 is 4. The molecule has 48 heavy (non-hydrogen) atoms. The molecule has 2 aromatic carbocycles. The Labute approximate surface area is 282 Å². The Morgan fingerprint density at radius 2 is 0.833 bits per heavy atom. The van der Waals surface area contributed by atoms with Crippen LogP contribution in [0.25, 0.3) is 22.5 Å². The molecule has 0 aliphatic carbocycles. The third kappa shape index (κ3) is 12.9. The van der Waals surface area contributed by atoms with E-state index in [1.807, 2.05) is 60.9 Å². The summed E-state index contributed by atoms with van der Waals surface area (Å²) in [6.07, 6.45) is 5.18. The van der Waals surface area contributed by atoms with Gasteiger partial charge in [0.15, 0.2) is 0 Å². The van der Waals surface area contributed by atoms with Gasteiger partial charge >= 0.3 is 0 Å². The number of anilines is 2. The van der Waals surface area contributed by atoms with Crippen LogP contribution in [-0.4, -0.2) is 104 Å². The van der Waals surface area contributed by atoms with Crippen LogP contribution in [0.2, 0.25) is 0 Å². The SMILES string of the molecule is COc1cccc(OC)c1-c1ccc(N(C)CCN(C)c2ccc(-c3c(OC)cccc3OC)nc2)cn1.CS(=O)(=O)O.CS(=O)(=O)O. The summed E-state index contributed by atoms with van der Waals surface area (Å²) in [5, 5.41) is 0. The Kier molecular flexibility index (Phi) is 14.9. The van der Waals surface area contributed by atoms with Crippen molar-refractivity contribution in [2.75, 3.05) is 77.9 Å². The summed E-state index contributed by atoms with van der Waals surface area (Å²) in [5.74, 6) is 2.90. The van der Waals surface area contributed by atoms with Crippen molar-refractivity contribution < 1.29 is 44.9 Å². The van der Waals surface area contributed by atoms with E-state index in [1.54, 1.807) is 28.4 Å². The first kappa shape index (κ1) is 39.5. The molecule has 0 radical (unpaired) electrons. The molecule has 0 saturated carbocycles. The minimum Gasteiger partial charge on any atom is -0.496 e. The number of hydrogen-bond acceptors (Lipinski definition) is 12. The van der Waals surface area contributed by atoms with E-state index in [9.17, 15) is 16.8 Å². The molecule has 2 aromatic heterocycles. The van der Waals surface area contributed by atoms with Gasteiger partial charge in [-0.05, 0) is 48.5 Å². The van der Waals surface area contributed by atoms with Gasteiger partial charge in [-0.1, -0.05) is 12.1 Å². The molecule has 0 bridgehead atoms. The summed E-state index contributed by atoms with van der Waals surface area (Å²) in [5.41, 5.74) is 5.32. The highest BCUT2D eigenvalue weighted by molar-refractivity contribution is 7.85. The molecule has 0 spiro atoms. The number of likely N-dealkylation sites (N-methyl/N-ethyl adjacent to an activating group) is 2. The second-order valence-electron chi connectivity index (χ2n) is 10.2. The average Bonchev–Trinajstić information content (AvgIpc) is 3.04. The second kappa shape index (κ2) is 18.1. The highest BCUT2D eigenvalue weighted by Gasteiger charge is 2.16. The van der Waals surface area contributed by atoms with E-state index in [0.29, 0.717) is 12.5 Å². The maximum absolute atomic E-state index is 9.19. The lowest BCUT2D eigenvalue weighted by Gasteiger charge is -2.25. The van der Waals surface area contributed by atoms with E-state index in [1.165, 1.54) is 0 Å². The van der Waals surface area contributed by atoms with Gasteiger partial charge in [0.05, 0.1) is 87.2 Å². The summed E-state index contributed by atoms with van der Waals surface area (Å²) in [7, 11) is 3.38. The number of nitrogens with zero attached hydrogens (tertiary/aromatic N) is 4. The van der Waals surface area contributed by atoms with Crippen LogP contribution in [0.15, 0.2) is 73.1 Å². The van der Waals surface area contributed by atoms with E-state index in [0.717, 1.165) is 70.0 Å². The van der Waals surface area contributed by atoms with Crippen molar-refractivity contribution in [1.29, 1.82) is 0 Å². The zero-order valence-electron chi connectivity index (χ0n) is 28.1. The fourth-order valence-corrected chi connectivity index (χ4v) is 4.28. The molecular weight excluding hydrogens is 665 g/mol. The van der Waals surface area contributed by atoms with Gasteiger partial charge in [-0.15, -0.1) is 0 Å². The lowest BCUT2D eigenvalue weighted by molar-refractivity contribution is 0.397. The van der Waals surface area contributed by atoms with E-state index in [2.05, 4.69) is 36.0 Å². The largest absolute Gasteiger partial charge is 0.496 e. The molecule has 0 aliphatic heterocycles. The first-order chi connectivity index (χ1) is 22.5. The molecule has 2 heterocycles. The van der Waals surface area contributed by atoms with Gasteiger partial charge in [-0.3, -0.25) is 19.1 Å². The van der Waals surface area contributed by atoms with Gasteiger partial charge < -0.3 is 28.7 Å². The molecular formula is C32H42N4O10S2. The molecule has 14 nitrogen and oxygen atoms in total. The van der Waals surface area contributed by atoms with Crippen LogP contribution >= 0.6 is 0 Å². The summed E-state index contributed by atoms with van der Waals surface area (Å²) >= 11 is 0. The number of rotatable bonds is 11. The lowest BCUT2D eigenvalue weighted by Crippen LogP contribution is -2.30. The van der Waals surface area contributed by atoms with Gasteiger partial charge in [0, 0.05) is 27.2 Å². The standard InChI is InChI=1S/C30H34N4O4.2CH4O3S/c1-33(21-13-15-23(31-19-21)29-25(35-3)9-7-10-26(29)36-4)17-18-34(2)22-14-16-24(32-20-22)30-27(37-5)11-8-12-28(30)38-6;2*1-5(2,3)4/h7-16,19-20H,17-18H2,1-6H3;2*1H3,(H,2,3,4). The molecule has 0 amide bonds. The Morgan fingerprint density at radius 3 is 1.04 bits per heavy atom. The zero-order valence-corrected chi connectivity index (χ0v) is 29.7. The van der Waals surface area contributed by atoms with E-state index in [4.69, 9.17) is 38.0 Å². The Balaban J connectivity index is 0.000000700. The third-order valence-electron chi connectivity index (χ3n) is 6.52. The molecule has 4 aromatic rings. The monoisotopic (exact) mass is 706 g/mol. The molecule has 16 heteroatoms. The smallest absolute Gasteiger partial charge is 0.261 e. The van der Waals surface area contributed by atoms with Crippen molar-refractivity contribution in [2.45, 2.75) is 0 Å². The van der Waals surface area contributed by atoms with E-state index < -0.39 is 20.2 Å². The van der Waals surface area contributed by atoms with Gasteiger partial charge in [0.25, 0.3) is 20.2 Å². The van der Waals surface area contributed by atoms with Crippen LogP contribution in [-0.2, 0) is 20.2 Å². The maximum atomic E-state index is 9.19. The van der Waals surface area contributed by atoms with Crippen molar-refractivity contribution in [1.82, 2.24) is 9.97 Å². The summed E-state index contributed by atoms with van der Waals surface area (Å²) in [6.45, 7) is 1.61. The minimum atomic E-state index is -3.67. The average molecular weight is 707 g/mol. The first-order valence-electron chi connectivity index (χ1n) is 14.1. The minimum absolute atomic E-state index is 0.715. The molecule has 0 saturated heterocycles. The molecule has 0 fully saturated rings. The summed E-state index contributed by atoms with van der Waals surface area (Å²) < 4.78 is 73.9. The van der Waals surface area contributed by atoms with Gasteiger partial charge in [0.1, 0.15) is 23.0 Å². The fraction of sp³-hybridized carbons (Fsp3) is 0.312. The highest BCUT2D eigenvalue weighted by atomic mass is 32.2. The molecule has 0 atom stereocenters. The quantitative estimate of drug-likeness (QED) is 0.209. The summed E-state index contributed by atoms with van der Waals surface area (Å²) in [6, 6.07) is 19.5.